The SMILES string of the molecule is CCOC(=O)C1=NN(c2ccc(OC)cc2)[C@H]2C(=O)N(c3ccc(Br)cc3)C(=O)[C@H]12. The molecule has 30 heavy (non-hydrogen) atoms. The van der Waals surface area contributed by atoms with Gasteiger partial charge in [0.2, 0.25) is 5.91 Å². The normalized spacial score (nSPS) is 20.3. The molecule has 0 N–H and O–H groups in total. The first-order valence-electron chi connectivity index (χ1n) is 9.28. The summed E-state index contributed by atoms with van der Waals surface area (Å²) >= 11 is 3.34. The molecule has 0 aromatic heterocycles. The van der Waals surface area contributed by atoms with Gasteiger partial charge in [-0.25, -0.2) is 9.69 Å². The van der Waals surface area contributed by atoms with E-state index in [9.17, 15) is 14.4 Å². The molecule has 2 aromatic rings. The molecule has 2 heterocycles. The molecule has 2 aliphatic rings. The minimum absolute atomic E-state index is 0.0735. The van der Waals surface area contributed by atoms with Crippen molar-refractivity contribution < 1.29 is 23.9 Å². The molecule has 8 nitrogen and oxygen atoms in total. The van der Waals surface area contributed by atoms with Crippen molar-refractivity contribution in [3.8, 4) is 5.75 Å². The van der Waals surface area contributed by atoms with E-state index in [2.05, 4.69) is 21.0 Å². The molecule has 0 spiro atoms. The first kappa shape index (κ1) is 20.1. The van der Waals surface area contributed by atoms with E-state index < -0.39 is 29.7 Å². The van der Waals surface area contributed by atoms with Crippen LogP contribution in [0.2, 0.25) is 0 Å². The number of benzene rings is 2. The van der Waals surface area contributed by atoms with Gasteiger partial charge in [-0.3, -0.25) is 14.6 Å². The molecule has 2 amide bonds. The van der Waals surface area contributed by atoms with E-state index in [0.29, 0.717) is 17.1 Å². The fraction of sp³-hybridized carbons (Fsp3) is 0.238. The number of hydrogen-bond acceptors (Lipinski definition) is 7. The largest absolute Gasteiger partial charge is 0.497 e. The third-order valence-electron chi connectivity index (χ3n) is 4.96. The Balaban J connectivity index is 1.77. The lowest BCUT2D eigenvalue weighted by Gasteiger charge is -2.22. The van der Waals surface area contributed by atoms with Gasteiger partial charge >= 0.3 is 5.97 Å². The number of ether oxygens (including phenoxy) is 2. The summed E-state index contributed by atoms with van der Waals surface area (Å²) < 4.78 is 11.1. The summed E-state index contributed by atoms with van der Waals surface area (Å²) in [7, 11) is 1.55. The molecule has 2 atom stereocenters. The van der Waals surface area contributed by atoms with Crippen molar-refractivity contribution in [2.45, 2.75) is 13.0 Å². The van der Waals surface area contributed by atoms with Gasteiger partial charge in [0.25, 0.3) is 5.91 Å². The molecule has 0 aliphatic carbocycles. The minimum atomic E-state index is -1.04. The molecule has 0 unspecified atom stereocenters. The van der Waals surface area contributed by atoms with Crippen LogP contribution >= 0.6 is 15.9 Å². The topological polar surface area (TPSA) is 88.5 Å². The number of methoxy groups -OCH3 is 1. The number of halogens is 1. The number of carbonyl (C=O) groups excluding carboxylic acids is 3. The third kappa shape index (κ3) is 3.24. The number of hydrazone groups is 1. The van der Waals surface area contributed by atoms with Gasteiger partial charge in [0, 0.05) is 4.47 Å². The predicted molar refractivity (Wildman–Crippen MR) is 113 cm³/mol. The monoisotopic (exact) mass is 471 g/mol. The van der Waals surface area contributed by atoms with Crippen molar-refractivity contribution in [1.82, 2.24) is 0 Å². The van der Waals surface area contributed by atoms with E-state index in [4.69, 9.17) is 9.47 Å². The Bertz CT molecular complexity index is 1040. The fourth-order valence-corrected chi connectivity index (χ4v) is 3.85. The predicted octanol–water partition coefficient (Wildman–Crippen LogP) is 2.76. The van der Waals surface area contributed by atoms with Crippen molar-refractivity contribution in [1.29, 1.82) is 0 Å². The second-order valence-corrected chi connectivity index (χ2v) is 7.57. The Hall–Kier alpha value is -3.20. The van der Waals surface area contributed by atoms with E-state index in [1.165, 1.54) is 5.01 Å². The second-order valence-electron chi connectivity index (χ2n) is 6.66. The molecule has 0 radical (unpaired) electrons. The zero-order chi connectivity index (χ0) is 21.4. The van der Waals surface area contributed by atoms with Crippen LogP contribution in [0.25, 0.3) is 0 Å². The van der Waals surface area contributed by atoms with Crippen molar-refractivity contribution in [2.75, 3.05) is 23.6 Å². The van der Waals surface area contributed by atoms with Gasteiger partial charge < -0.3 is 9.47 Å². The van der Waals surface area contributed by atoms with E-state index >= 15 is 0 Å². The Morgan fingerprint density at radius 2 is 1.67 bits per heavy atom. The summed E-state index contributed by atoms with van der Waals surface area (Å²) in [6, 6.07) is 12.7. The minimum Gasteiger partial charge on any atom is -0.497 e. The quantitative estimate of drug-likeness (QED) is 0.492. The zero-order valence-corrected chi connectivity index (χ0v) is 17.8. The highest BCUT2D eigenvalue weighted by molar-refractivity contribution is 9.10. The van der Waals surface area contributed by atoms with E-state index in [-0.39, 0.29) is 12.3 Å². The molecule has 2 aliphatic heterocycles. The van der Waals surface area contributed by atoms with Crippen LogP contribution in [0.15, 0.2) is 58.1 Å². The van der Waals surface area contributed by atoms with Crippen molar-refractivity contribution in [2.24, 2.45) is 11.0 Å². The first-order chi connectivity index (χ1) is 14.5. The second kappa shape index (κ2) is 7.91. The molecular weight excluding hydrogens is 454 g/mol. The van der Waals surface area contributed by atoms with Crippen LogP contribution < -0.4 is 14.6 Å². The summed E-state index contributed by atoms with van der Waals surface area (Å²) in [4.78, 5) is 40.2. The highest BCUT2D eigenvalue weighted by Gasteiger charge is 2.59. The molecule has 0 bridgehead atoms. The number of imide groups is 1. The third-order valence-corrected chi connectivity index (χ3v) is 5.48. The number of carbonyl (C=O) groups is 3. The van der Waals surface area contributed by atoms with Gasteiger partial charge in [-0.05, 0) is 55.5 Å². The Morgan fingerprint density at radius 3 is 2.27 bits per heavy atom. The van der Waals surface area contributed by atoms with Gasteiger partial charge in [-0.1, -0.05) is 15.9 Å². The average molecular weight is 472 g/mol. The number of rotatable bonds is 5. The first-order valence-corrected chi connectivity index (χ1v) is 10.1. The number of fused-ring (bicyclic) bond motifs is 1. The highest BCUT2D eigenvalue weighted by atomic mass is 79.9. The fourth-order valence-electron chi connectivity index (χ4n) is 3.58. The van der Waals surface area contributed by atoms with Crippen LogP contribution in [-0.4, -0.2) is 43.3 Å². The van der Waals surface area contributed by atoms with Crippen LogP contribution in [-0.2, 0) is 19.1 Å². The maximum absolute atomic E-state index is 13.3. The lowest BCUT2D eigenvalue weighted by atomic mass is 9.98. The summed E-state index contributed by atoms with van der Waals surface area (Å²) in [5.74, 6) is -2.07. The van der Waals surface area contributed by atoms with Crippen LogP contribution in [0, 0.1) is 5.92 Å². The molecule has 154 valence electrons. The molecule has 0 saturated carbocycles. The average Bonchev–Trinajstić information content (AvgIpc) is 3.26. The van der Waals surface area contributed by atoms with Crippen molar-refractivity contribution in [3.05, 3.63) is 53.0 Å². The number of anilines is 2. The van der Waals surface area contributed by atoms with Crippen LogP contribution in [0.4, 0.5) is 11.4 Å². The van der Waals surface area contributed by atoms with Gasteiger partial charge in [-0.2, -0.15) is 5.10 Å². The molecular formula is C21H18BrN3O5. The van der Waals surface area contributed by atoms with Gasteiger partial charge in [0.1, 0.15) is 17.7 Å². The molecule has 1 saturated heterocycles. The Kier molecular flexibility index (Phi) is 5.29. The van der Waals surface area contributed by atoms with E-state index in [1.807, 2.05) is 0 Å². The molecule has 4 rings (SSSR count). The summed E-state index contributed by atoms with van der Waals surface area (Å²) in [5, 5.41) is 5.73. The molecule has 9 heteroatoms. The maximum atomic E-state index is 13.3. The number of nitrogens with zero attached hydrogens (tertiary/aromatic N) is 3. The number of hydrogen-bond donors (Lipinski definition) is 0. The van der Waals surface area contributed by atoms with E-state index in [0.717, 1.165) is 9.37 Å². The van der Waals surface area contributed by atoms with Crippen LogP contribution in [0.5, 0.6) is 5.75 Å². The smallest absolute Gasteiger partial charge is 0.355 e. The summed E-state index contributed by atoms with van der Waals surface area (Å²) in [6.07, 6.45) is 0. The Morgan fingerprint density at radius 1 is 1.03 bits per heavy atom. The van der Waals surface area contributed by atoms with Crippen LogP contribution in [0.3, 0.4) is 0 Å². The number of esters is 1. The van der Waals surface area contributed by atoms with Crippen molar-refractivity contribution >= 4 is 50.8 Å². The zero-order valence-electron chi connectivity index (χ0n) is 16.2. The van der Waals surface area contributed by atoms with Gasteiger partial charge in [0.15, 0.2) is 5.71 Å². The standard InChI is InChI=1S/C21H18BrN3O5/c1-3-30-21(28)17-16-18(25(23-17)14-8-10-15(29-2)11-9-14)20(27)24(19(16)26)13-6-4-12(22)5-7-13/h4-11,16,18H,3H2,1-2H3/t16-,18-/m1/s1. The maximum Gasteiger partial charge on any atom is 0.355 e. The van der Waals surface area contributed by atoms with Gasteiger partial charge in [0.05, 0.1) is 25.1 Å². The highest BCUT2D eigenvalue weighted by Crippen LogP contribution is 2.38. The van der Waals surface area contributed by atoms with Gasteiger partial charge in [-0.15, -0.1) is 0 Å². The molecule has 1 fully saturated rings. The lowest BCUT2D eigenvalue weighted by Crippen LogP contribution is -2.39. The summed E-state index contributed by atoms with van der Waals surface area (Å²) in [6.45, 7) is 1.80. The lowest BCUT2D eigenvalue weighted by molar-refractivity contribution is -0.136. The summed E-state index contributed by atoms with van der Waals surface area (Å²) in [5.41, 5.74) is 0.917. The van der Waals surface area contributed by atoms with Crippen molar-refractivity contribution in [3.63, 3.8) is 0 Å². The Labute approximate surface area is 181 Å². The number of amides is 2. The van der Waals surface area contributed by atoms with E-state index in [1.54, 1.807) is 62.6 Å². The molecule has 2 aromatic carbocycles. The van der Waals surface area contributed by atoms with Crippen LogP contribution in [0.1, 0.15) is 6.92 Å².